The van der Waals surface area contributed by atoms with Crippen molar-refractivity contribution >= 4 is 21.8 Å². The third-order valence-corrected chi connectivity index (χ3v) is 5.74. The van der Waals surface area contributed by atoms with Gasteiger partial charge in [0.15, 0.2) is 5.82 Å². The summed E-state index contributed by atoms with van der Waals surface area (Å²) in [5, 5.41) is 3.08. The van der Waals surface area contributed by atoms with E-state index in [9.17, 15) is 18.0 Å². The first-order valence-electron chi connectivity index (χ1n) is 11.5. The van der Waals surface area contributed by atoms with Crippen LogP contribution in [0.15, 0.2) is 65.6 Å². The maximum Gasteiger partial charge on any atom is 0.326 e. The molecule has 0 saturated carbocycles. The van der Waals surface area contributed by atoms with Crippen LogP contribution < -0.4 is 15.6 Å². The van der Waals surface area contributed by atoms with E-state index in [-0.39, 0.29) is 18.9 Å². The minimum atomic E-state index is -3.37. The molecular formula is C26H32N4O5S. The molecule has 0 aliphatic heterocycles. The Kier molecular flexibility index (Phi) is 8.65. The zero-order valence-electron chi connectivity index (χ0n) is 20.9. The van der Waals surface area contributed by atoms with Gasteiger partial charge in [0.2, 0.25) is 10.0 Å². The molecule has 9 nitrogen and oxygen atoms in total. The molecule has 0 amide bonds. The SMILES string of the molecule is CC(C)(C)OC(=O)Cn1c(-c2cccc(CNS(C)(=O)=O)c2)cnc(NCCc2ccccc2)c1=O. The summed E-state index contributed by atoms with van der Waals surface area (Å²) in [6.45, 7) is 5.56. The summed E-state index contributed by atoms with van der Waals surface area (Å²) < 4.78 is 32.2. The Morgan fingerprint density at radius 1 is 1.06 bits per heavy atom. The molecule has 10 heteroatoms. The zero-order chi connectivity index (χ0) is 26.3. The summed E-state index contributed by atoms with van der Waals surface area (Å²) in [5.74, 6) is -0.421. The first kappa shape index (κ1) is 27.1. The number of esters is 1. The van der Waals surface area contributed by atoms with Gasteiger partial charge >= 0.3 is 5.97 Å². The van der Waals surface area contributed by atoms with Crippen LogP contribution in [0.1, 0.15) is 31.9 Å². The molecule has 0 atom stereocenters. The van der Waals surface area contributed by atoms with E-state index in [4.69, 9.17) is 4.74 Å². The van der Waals surface area contributed by atoms with Crippen LogP contribution in [0.2, 0.25) is 0 Å². The maximum absolute atomic E-state index is 13.4. The molecule has 0 bridgehead atoms. The number of rotatable bonds is 10. The number of anilines is 1. The number of ether oxygens (including phenoxy) is 1. The molecule has 0 fully saturated rings. The third kappa shape index (κ3) is 8.31. The van der Waals surface area contributed by atoms with Crippen molar-refractivity contribution in [1.29, 1.82) is 0 Å². The molecule has 0 aliphatic rings. The Morgan fingerprint density at radius 3 is 2.42 bits per heavy atom. The number of benzene rings is 2. The summed E-state index contributed by atoms with van der Waals surface area (Å²) in [6.07, 6.45) is 3.31. The minimum absolute atomic E-state index is 0.0928. The van der Waals surface area contributed by atoms with Crippen LogP contribution in [0, 0.1) is 0 Å². The molecule has 1 heterocycles. The molecule has 2 N–H and O–H groups in total. The lowest BCUT2D eigenvalue weighted by atomic mass is 10.1. The monoisotopic (exact) mass is 512 g/mol. The van der Waals surface area contributed by atoms with Crippen molar-refractivity contribution in [2.45, 2.75) is 45.9 Å². The highest BCUT2D eigenvalue weighted by atomic mass is 32.2. The highest BCUT2D eigenvalue weighted by molar-refractivity contribution is 7.88. The van der Waals surface area contributed by atoms with Crippen molar-refractivity contribution in [1.82, 2.24) is 14.3 Å². The van der Waals surface area contributed by atoms with Crippen LogP contribution in [0.5, 0.6) is 0 Å². The fraction of sp³-hybridized carbons (Fsp3) is 0.346. The van der Waals surface area contributed by atoms with Crippen LogP contribution in [0.4, 0.5) is 5.82 Å². The fourth-order valence-electron chi connectivity index (χ4n) is 3.52. The van der Waals surface area contributed by atoms with Gasteiger partial charge in [0.25, 0.3) is 5.56 Å². The quantitative estimate of drug-likeness (QED) is 0.401. The molecule has 0 spiro atoms. The van der Waals surface area contributed by atoms with Gasteiger partial charge in [-0.3, -0.25) is 14.2 Å². The summed E-state index contributed by atoms with van der Waals surface area (Å²) >= 11 is 0. The molecule has 3 rings (SSSR count). The van der Waals surface area contributed by atoms with Crippen LogP contribution in [0.25, 0.3) is 11.3 Å². The first-order chi connectivity index (χ1) is 16.9. The summed E-state index contributed by atoms with van der Waals surface area (Å²) in [7, 11) is -3.37. The van der Waals surface area contributed by atoms with E-state index < -0.39 is 27.2 Å². The molecule has 0 saturated heterocycles. The third-order valence-electron chi connectivity index (χ3n) is 5.07. The molecule has 0 aliphatic carbocycles. The van der Waals surface area contributed by atoms with Gasteiger partial charge in [-0.05, 0) is 44.4 Å². The van der Waals surface area contributed by atoms with E-state index in [2.05, 4.69) is 15.0 Å². The van der Waals surface area contributed by atoms with E-state index in [0.717, 1.165) is 11.8 Å². The normalized spacial score (nSPS) is 11.8. The lowest BCUT2D eigenvalue weighted by Crippen LogP contribution is -2.33. The Bertz CT molecular complexity index is 1360. The number of nitrogens with one attached hydrogen (secondary N) is 2. The van der Waals surface area contributed by atoms with Crippen molar-refractivity contribution in [2.24, 2.45) is 0 Å². The molecule has 3 aromatic rings. The predicted molar refractivity (Wildman–Crippen MR) is 140 cm³/mol. The second-order valence-electron chi connectivity index (χ2n) is 9.43. The van der Waals surface area contributed by atoms with Crippen molar-refractivity contribution < 1.29 is 17.9 Å². The smallest absolute Gasteiger partial charge is 0.326 e. The number of nitrogens with zero attached hydrogens (tertiary/aromatic N) is 2. The second kappa shape index (κ2) is 11.5. The van der Waals surface area contributed by atoms with Crippen LogP contribution in [-0.4, -0.2) is 42.3 Å². The van der Waals surface area contributed by atoms with Gasteiger partial charge in [0, 0.05) is 18.7 Å². The standard InChI is InChI=1S/C26H32N4O5S/c1-26(2,3)35-23(31)18-30-22(21-12-8-11-20(15-21)16-29-36(4,33)34)17-28-24(25(30)32)27-14-13-19-9-6-5-7-10-19/h5-12,15,17,29H,13-14,16,18H2,1-4H3,(H,27,28). The van der Waals surface area contributed by atoms with E-state index in [1.54, 1.807) is 45.0 Å². The highest BCUT2D eigenvalue weighted by Crippen LogP contribution is 2.20. The molecule has 1 aromatic heterocycles. The van der Waals surface area contributed by atoms with Gasteiger partial charge < -0.3 is 10.1 Å². The minimum Gasteiger partial charge on any atom is -0.459 e. The Labute approximate surface area is 211 Å². The molecule has 2 aromatic carbocycles. The van der Waals surface area contributed by atoms with Crippen molar-refractivity contribution in [3.8, 4) is 11.3 Å². The van der Waals surface area contributed by atoms with Gasteiger partial charge in [0.05, 0.1) is 18.1 Å². The van der Waals surface area contributed by atoms with Crippen LogP contribution >= 0.6 is 0 Å². The Morgan fingerprint density at radius 2 is 1.75 bits per heavy atom. The summed E-state index contributed by atoms with van der Waals surface area (Å²) in [6, 6.07) is 16.9. The van der Waals surface area contributed by atoms with Gasteiger partial charge in [-0.25, -0.2) is 18.1 Å². The van der Waals surface area contributed by atoms with Gasteiger partial charge in [0.1, 0.15) is 12.1 Å². The number of sulfonamides is 1. The topological polar surface area (TPSA) is 119 Å². The van der Waals surface area contributed by atoms with Gasteiger partial charge in [-0.15, -0.1) is 0 Å². The lowest BCUT2D eigenvalue weighted by Gasteiger charge is -2.21. The molecule has 192 valence electrons. The molecule has 0 unspecified atom stereocenters. The van der Waals surface area contributed by atoms with Crippen LogP contribution in [-0.2, 0) is 39.1 Å². The predicted octanol–water partition coefficient (Wildman–Crippen LogP) is 2.96. The van der Waals surface area contributed by atoms with Crippen molar-refractivity contribution in [3.05, 3.63) is 82.3 Å². The van der Waals surface area contributed by atoms with Gasteiger partial charge in [-0.2, -0.15) is 0 Å². The number of carbonyl (C=O) groups is 1. The lowest BCUT2D eigenvalue weighted by molar-refractivity contribution is -0.155. The van der Waals surface area contributed by atoms with E-state index in [0.29, 0.717) is 29.8 Å². The number of hydrogen-bond acceptors (Lipinski definition) is 7. The fourth-order valence-corrected chi connectivity index (χ4v) is 3.95. The average molecular weight is 513 g/mol. The largest absolute Gasteiger partial charge is 0.459 e. The summed E-state index contributed by atoms with van der Waals surface area (Å²) in [5.41, 5.74) is 1.69. The average Bonchev–Trinajstić information content (AvgIpc) is 2.79. The van der Waals surface area contributed by atoms with E-state index in [1.165, 1.54) is 10.8 Å². The van der Waals surface area contributed by atoms with E-state index in [1.807, 2.05) is 30.3 Å². The maximum atomic E-state index is 13.4. The first-order valence-corrected chi connectivity index (χ1v) is 13.4. The number of aromatic nitrogens is 2. The van der Waals surface area contributed by atoms with E-state index >= 15 is 0 Å². The number of carbonyl (C=O) groups excluding carboxylic acids is 1. The molecule has 0 radical (unpaired) electrons. The Hall–Kier alpha value is -3.50. The van der Waals surface area contributed by atoms with Crippen molar-refractivity contribution in [3.63, 3.8) is 0 Å². The van der Waals surface area contributed by atoms with Crippen LogP contribution in [0.3, 0.4) is 0 Å². The van der Waals surface area contributed by atoms with Crippen molar-refractivity contribution in [2.75, 3.05) is 18.1 Å². The number of hydrogen-bond donors (Lipinski definition) is 2. The zero-order valence-corrected chi connectivity index (χ0v) is 21.8. The highest BCUT2D eigenvalue weighted by Gasteiger charge is 2.20. The summed E-state index contributed by atoms with van der Waals surface area (Å²) in [4.78, 5) is 30.4. The van der Waals surface area contributed by atoms with Gasteiger partial charge in [-0.1, -0.05) is 48.5 Å². The molecule has 36 heavy (non-hydrogen) atoms. The Balaban J connectivity index is 1.92. The second-order valence-corrected chi connectivity index (χ2v) is 11.3. The molecular weight excluding hydrogens is 480 g/mol.